The predicted molar refractivity (Wildman–Crippen MR) is 105 cm³/mol. The van der Waals surface area contributed by atoms with Crippen LogP contribution in [0.25, 0.3) is 0 Å². The third kappa shape index (κ3) is 1.79. The number of nitrogens with zero attached hydrogens (tertiary/aromatic N) is 1. The van der Waals surface area contributed by atoms with Gasteiger partial charge in [0.2, 0.25) is 0 Å². The molecule has 0 unspecified atom stereocenters. The number of hydrogen-bond acceptors (Lipinski definition) is 3. The summed E-state index contributed by atoms with van der Waals surface area (Å²) < 4.78 is 5.14. The maximum absolute atomic E-state index is 12.3. The van der Waals surface area contributed by atoms with Gasteiger partial charge in [-0.05, 0) is 91.3 Å². The van der Waals surface area contributed by atoms with E-state index in [4.69, 9.17) is 4.74 Å². The first kappa shape index (κ1) is 17.3. The molecular formula is C24H37NO2. The number of carbonyl (C=O) groups excluding carboxylic acids is 1. The summed E-state index contributed by atoms with van der Waals surface area (Å²) in [5.74, 6) is 3.52. The van der Waals surface area contributed by atoms with E-state index in [2.05, 4.69) is 18.7 Å². The first-order chi connectivity index (χ1) is 13.0. The fourth-order valence-corrected chi connectivity index (χ4v) is 10.7. The monoisotopic (exact) mass is 371 g/mol. The molecule has 3 nitrogen and oxygen atoms in total. The highest BCUT2D eigenvalue weighted by Gasteiger charge is 2.78. The molecule has 0 radical (unpaired) electrons. The van der Waals surface area contributed by atoms with Crippen molar-refractivity contribution in [2.45, 2.75) is 90.1 Å². The molecule has 1 spiro atoms. The van der Waals surface area contributed by atoms with Crippen molar-refractivity contribution in [2.75, 3.05) is 13.7 Å². The van der Waals surface area contributed by atoms with Gasteiger partial charge >= 0.3 is 5.97 Å². The van der Waals surface area contributed by atoms with Gasteiger partial charge < -0.3 is 4.74 Å². The summed E-state index contributed by atoms with van der Waals surface area (Å²) in [6.07, 6.45) is 13.3. The molecule has 3 aliphatic heterocycles. The van der Waals surface area contributed by atoms with Gasteiger partial charge in [-0.15, -0.1) is 0 Å². The summed E-state index contributed by atoms with van der Waals surface area (Å²) in [5.41, 5.74) is 1.37. The Balaban J connectivity index is 1.56. The van der Waals surface area contributed by atoms with Crippen molar-refractivity contribution in [3.8, 4) is 0 Å². The minimum atomic E-state index is 0.0185. The Hall–Kier alpha value is -0.570. The maximum Gasteiger partial charge on any atom is 0.305 e. The van der Waals surface area contributed by atoms with Gasteiger partial charge in [0.05, 0.1) is 7.11 Å². The third-order valence-electron chi connectivity index (χ3n) is 11.2. The van der Waals surface area contributed by atoms with E-state index in [0.717, 1.165) is 42.2 Å². The number of rotatable bonds is 3. The van der Waals surface area contributed by atoms with Crippen LogP contribution in [0.5, 0.6) is 0 Å². The van der Waals surface area contributed by atoms with Crippen LogP contribution in [-0.4, -0.2) is 36.6 Å². The molecule has 0 aromatic rings. The topological polar surface area (TPSA) is 29.5 Å². The van der Waals surface area contributed by atoms with E-state index in [9.17, 15) is 4.79 Å². The third-order valence-corrected chi connectivity index (χ3v) is 11.2. The molecule has 0 aromatic carbocycles. The van der Waals surface area contributed by atoms with Crippen molar-refractivity contribution in [3.05, 3.63) is 0 Å². The standard InChI is InChI=1S/C24H37NO2/c1-15-14-25-20-16-6-11-23(20)9-4-5-18(23)24(12-8-19(26)27-3)21(25)17(15)7-10-22(24,2)13-16/h15-18,20-21H,4-14H2,1-3H3/t15-,16+,17-,18-,20-,21+,22+,23-,24+/m0/s1. The van der Waals surface area contributed by atoms with Gasteiger partial charge in [0, 0.05) is 25.0 Å². The fraction of sp³-hybridized carbons (Fsp3) is 0.958. The number of methoxy groups -OCH3 is 1. The van der Waals surface area contributed by atoms with E-state index in [1.807, 2.05) is 0 Å². The Labute approximate surface area is 164 Å². The van der Waals surface area contributed by atoms with Crippen molar-refractivity contribution in [3.63, 3.8) is 0 Å². The lowest BCUT2D eigenvalue weighted by Crippen LogP contribution is -2.69. The summed E-state index contributed by atoms with van der Waals surface area (Å²) in [7, 11) is 1.57. The van der Waals surface area contributed by atoms with E-state index < -0.39 is 0 Å². The van der Waals surface area contributed by atoms with E-state index in [-0.39, 0.29) is 5.97 Å². The van der Waals surface area contributed by atoms with Crippen LogP contribution in [0.3, 0.4) is 0 Å². The van der Waals surface area contributed by atoms with E-state index in [1.165, 1.54) is 57.9 Å². The Morgan fingerprint density at radius 1 is 1.15 bits per heavy atom. The van der Waals surface area contributed by atoms with Gasteiger partial charge in [0.25, 0.3) is 0 Å². The zero-order valence-corrected chi connectivity index (χ0v) is 17.5. The number of esters is 1. The molecule has 150 valence electrons. The van der Waals surface area contributed by atoms with Crippen LogP contribution in [0.2, 0.25) is 0 Å². The summed E-state index contributed by atoms with van der Waals surface area (Å²) in [4.78, 5) is 15.4. The summed E-state index contributed by atoms with van der Waals surface area (Å²) in [6, 6.07) is 1.62. The molecule has 27 heavy (non-hydrogen) atoms. The molecule has 7 fully saturated rings. The predicted octanol–water partition coefficient (Wildman–Crippen LogP) is 4.65. The molecular weight excluding hydrogens is 334 g/mol. The van der Waals surface area contributed by atoms with Crippen LogP contribution in [0.1, 0.15) is 78.1 Å². The van der Waals surface area contributed by atoms with Gasteiger partial charge in [-0.3, -0.25) is 9.69 Å². The minimum absolute atomic E-state index is 0.0185. The van der Waals surface area contributed by atoms with Crippen LogP contribution in [0.15, 0.2) is 0 Å². The minimum Gasteiger partial charge on any atom is -0.469 e. The molecule has 3 heterocycles. The second-order valence-electron chi connectivity index (χ2n) is 11.6. The number of carbonyl (C=O) groups is 1. The molecule has 0 amide bonds. The average molecular weight is 372 g/mol. The van der Waals surface area contributed by atoms with Gasteiger partial charge in [-0.1, -0.05) is 20.3 Å². The van der Waals surface area contributed by atoms with Crippen molar-refractivity contribution in [1.29, 1.82) is 0 Å². The van der Waals surface area contributed by atoms with Crippen molar-refractivity contribution >= 4 is 5.97 Å². The molecule has 0 N–H and O–H groups in total. The molecule has 3 heteroatoms. The largest absolute Gasteiger partial charge is 0.469 e. The van der Waals surface area contributed by atoms with Crippen molar-refractivity contribution in [1.82, 2.24) is 4.90 Å². The second-order valence-corrected chi connectivity index (χ2v) is 11.6. The van der Waals surface area contributed by atoms with Gasteiger partial charge in [-0.25, -0.2) is 0 Å². The molecule has 6 bridgehead atoms. The normalized spacial score (nSPS) is 57.6. The van der Waals surface area contributed by atoms with Gasteiger partial charge in [0.1, 0.15) is 0 Å². The molecule has 9 atom stereocenters. The average Bonchev–Trinajstić information content (AvgIpc) is 3.30. The lowest BCUT2D eigenvalue weighted by atomic mass is 9.41. The summed E-state index contributed by atoms with van der Waals surface area (Å²) in [6.45, 7) is 6.53. The van der Waals surface area contributed by atoms with E-state index in [1.54, 1.807) is 7.11 Å². The van der Waals surface area contributed by atoms with Crippen LogP contribution >= 0.6 is 0 Å². The number of hydrogen-bond donors (Lipinski definition) is 0. The first-order valence-electron chi connectivity index (χ1n) is 11.8. The quantitative estimate of drug-likeness (QED) is 0.677. The van der Waals surface area contributed by atoms with E-state index in [0.29, 0.717) is 22.7 Å². The number of piperidine rings is 1. The molecule has 7 aliphatic rings. The summed E-state index contributed by atoms with van der Waals surface area (Å²) >= 11 is 0. The molecule has 4 aliphatic carbocycles. The first-order valence-corrected chi connectivity index (χ1v) is 11.8. The van der Waals surface area contributed by atoms with Crippen LogP contribution in [0, 0.1) is 39.9 Å². The van der Waals surface area contributed by atoms with Crippen LogP contribution < -0.4 is 0 Å². The van der Waals surface area contributed by atoms with Crippen molar-refractivity contribution < 1.29 is 9.53 Å². The van der Waals surface area contributed by atoms with Gasteiger partial charge in [0.15, 0.2) is 0 Å². The zero-order valence-electron chi connectivity index (χ0n) is 17.5. The Morgan fingerprint density at radius 2 is 2.00 bits per heavy atom. The fourth-order valence-electron chi connectivity index (χ4n) is 10.7. The molecule has 3 saturated heterocycles. The second kappa shape index (κ2) is 5.32. The Bertz CT molecular complexity index is 677. The molecule has 4 saturated carbocycles. The van der Waals surface area contributed by atoms with Gasteiger partial charge in [-0.2, -0.15) is 0 Å². The van der Waals surface area contributed by atoms with Crippen LogP contribution in [-0.2, 0) is 9.53 Å². The summed E-state index contributed by atoms with van der Waals surface area (Å²) in [5, 5.41) is 0. The lowest BCUT2D eigenvalue weighted by molar-refractivity contribution is -0.194. The Kier molecular flexibility index (Phi) is 3.41. The SMILES string of the molecule is COC(=O)CC[C@@]12[C@H]3[C@H]4CC[C@]1(C)C[C@H]1CC[C@]5(CCC[C@@H]52)[C@H]1N3C[C@@H]4C. The molecule has 0 aromatic heterocycles. The van der Waals surface area contributed by atoms with Crippen LogP contribution in [0.4, 0.5) is 0 Å². The maximum atomic E-state index is 12.3. The smallest absolute Gasteiger partial charge is 0.305 e. The molecule has 7 rings (SSSR count). The zero-order chi connectivity index (χ0) is 18.6. The van der Waals surface area contributed by atoms with E-state index >= 15 is 0 Å². The van der Waals surface area contributed by atoms with Crippen molar-refractivity contribution in [2.24, 2.45) is 39.9 Å². The number of ether oxygens (including phenoxy) is 1. The lowest BCUT2D eigenvalue weighted by Gasteiger charge is -2.68. The Morgan fingerprint density at radius 3 is 2.81 bits per heavy atom. The highest BCUT2D eigenvalue weighted by molar-refractivity contribution is 5.69. The highest BCUT2D eigenvalue weighted by atomic mass is 16.5. The highest BCUT2D eigenvalue weighted by Crippen LogP contribution is 2.80.